The van der Waals surface area contributed by atoms with E-state index < -0.39 is 0 Å². The summed E-state index contributed by atoms with van der Waals surface area (Å²) in [6.45, 7) is 4.41. The number of urea groups is 1. The van der Waals surface area contributed by atoms with Crippen molar-refractivity contribution in [3.05, 3.63) is 36.2 Å². The molecule has 1 heterocycles. The quantitative estimate of drug-likeness (QED) is 0.790. The van der Waals surface area contributed by atoms with Crippen LogP contribution in [0.3, 0.4) is 0 Å². The second kappa shape index (κ2) is 5.90. The van der Waals surface area contributed by atoms with E-state index in [0.29, 0.717) is 23.7 Å². The molecule has 2 amide bonds. The Morgan fingerprint density at radius 3 is 2.95 bits per heavy atom. The summed E-state index contributed by atoms with van der Waals surface area (Å²) < 4.78 is 5.49. The molecule has 0 atom stereocenters. The molecule has 1 aromatic heterocycles. The van der Waals surface area contributed by atoms with Gasteiger partial charge in [0.1, 0.15) is 5.75 Å². The molecule has 6 nitrogen and oxygen atoms in total. The number of nitrogens with zero attached hydrogens (tertiary/aromatic N) is 1. The number of aromatic amines is 1. The van der Waals surface area contributed by atoms with Crippen molar-refractivity contribution < 1.29 is 9.53 Å². The zero-order valence-corrected chi connectivity index (χ0v) is 10.9. The first kappa shape index (κ1) is 12.9. The highest BCUT2D eigenvalue weighted by molar-refractivity contribution is 6.00. The van der Waals surface area contributed by atoms with E-state index >= 15 is 0 Å². The number of carbonyl (C=O) groups excluding carboxylic acids is 1. The minimum absolute atomic E-state index is 0.341. The minimum Gasteiger partial charge on any atom is -0.492 e. The smallest absolute Gasteiger partial charge is 0.323 e. The number of H-pyrrole nitrogens is 1. The van der Waals surface area contributed by atoms with Crippen LogP contribution in [0.15, 0.2) is 30.6 Å². The van der Waals surface area contributed by atoms with Crippen LogP contribution in [0.25, 0.3) is 0 Å². The summed E-state index contributed by atoms with van der Waals surface area (Å²) in [6, 6.07) is 5.27. The lowest BCUT2D eigenvalue weighted by Gasteiger charge is -2.12. The summed E-state index contributed by atoms with van der Waals surface area (Å²) in [5.41, 5.74) is 2.31. The van der Waals surface area contributed by atoms with Crippen LogP contribution in [0.1, 0.15) is 12.5 Å². The number of carbonyl (C=O) groups is 1. The van der Waals surface area contributed by atoms with Crippen molar-refractivity contribution in [2.75, 3.05) is 17.2 Å². The molecule has 2 rings (SSSR count). The molecular formula is C13H16N4O2. The number of anilines is 2. The Hall–Kier alpha value is -2.50. The fourth-order valence-corrected chi connectivity index (χ4v) is 1.61. The van der Waals surface area contributed by atoms with E-state index in [9.17, 15) is 4.79 Å². The lowest BCUT2D eigenvalue weighted by atomic mass is 10.2. The van der Waals surface area contributed by atoms with Crippen molar-refractivity contribution >= 4 is 17.4 Å². The summed E-state index contributed by atoms with van der Waals surface area (Å²) in [7, 11) is 0. The molecule has 0 aliphatic carbocycles. The van der Waals surface area contributed by atoms with Gasteiger partial charge in [-0.2, -0.15) is 5.10 Å². The highest BCUT2D eigenvalue weighted by Gasteiger charge is 2.08. The van der Waals surface area contributed by atoms with Gasteiger partial charge in [-0.1, -0.05) is 6.07 Å². The fourth-order valence-electron chi connectivity index (χ4n) is 1.61. The van der Waals surface area contributed by atoms with Gasteiger partial charge in [0.25, 0.3) is 0 Å². The third-order valence-corrected chi connectivity index (χ3v) is 2.44. The van der Waals surface area contributed by atoms with Crippen LogP contribution in [0.2, 0.25) is 0 Å². The Balaban J connectivity index is 2.07. The molecule has 0 unspecified atom stereocenters. The fraction of sp³-hybridized carbons (Fsp3) is 0.231. The summed E-state index contributed by atoms with van der Waals surface area (Å²) in [4.78, 5) is 11.8. The topological polar surface area (TPSA) is 79.0 Å². The molecule has 0 aliphatic heterocycles. The monoisotopic (exact) mass is 260 g/mol. The van der Waals surface area contributed by atoms with Crippen LogP contribution in [-0.4, -0.2) is 22.8 Å². The van der Waals surface area contributed by atoms with Gasteiger partial charge in [-0.3, -0.25) is 5.10 Å². The second-order valence-electron chi connectivity index (χ2n) is 4.00. The Morgan fingerprint density at radius 2 is 2.26 bits per heavy atom. The molecule has 6 heteroatoms. The molecule has 0 saturated heterocycles. The van der Waals surface area contributed by atoms with E-state index in [1.165, 1.54) is 6.20 Å². The SMILES string of the molecule is CCOc1cc(C)ccc1NC(=O)Nc1cn[nH]c1. The number of hydrogen-bond donors (Lipinski definition) is 3. The molecule has 0 fully saturated rings. The third kappa shape index (κ3) is 3.48. The Kier molecular flexibility index (Phi) is 4.02. The van der Waals surface area contributed by atoms with Gasteiger partial charge in [0.15, 0.2) is 0 Å². The molecule has 3 N–H and O–H groups in total. The van der Waals surface area contributed by atoms with Gasteiger partial charge in [-0.05, 0) is 31.5 Å². The van der Waals surface area contributed by atoms with Crippen molar-refractivity contribution in [1.29, 1.82) is 0 Å². The standard InChI is InChI=1S/C13H16N4O2/c1-3-19-12-6-9(2)4-5-11(12)17-13(18)16-10-7-14-15-8-10/h4-8H,3H2,1-2H3,(H,14,15)(H2,16,17,18). The molecule has 0 spiro atoms. The molecule has 0 aliphatic rings. The number of benzene rings is 1. The number of amides is 2. The maximum absolute atomic E-state index is 11.8. The van der Waals surface area contributed by atoms with E-state index in [4.69, 9.17) is 4.74 Å². The predicted molar refractivity (Wildman–Crippen MR) is 73.6 cm³/mol. The molecule has 0 saturated carbocycles. The lowest BCUT2D eigenvalue weighted by Crippen LogP contribution is -2.19. The van der Waals surface area contributed by atoms with E-state index in [1.54, 1.807) is 6.20 Å². The Bertz CT molecular complexity index is 552. The summed E-state index contributed by atoms with van der Waals surface area (Å²) in [5, 5.41) is 11.8. The maximum atomic E-state index is 11.8. The van der Waals surface area contributed by atoms with Gasteiger partial charge in [0.05, 0.1) is 24.2 Å². The normalized spacial score (nSPS) is 10.0. The number of nitrogens with one attached hydrogen (secondary N) is 3. The average Bonchev–Trinajstić information content (AvgIpc) is 2.86. The average molecular weight is 260 g/mol. The van der Waals surface area contributed by atoms with Crippen LogP contribution in [-0.2, 0) is 0 Å². The summed E-state index contributed by atoms with van der Waals surface area (Å²) in [5.74, 6) is 0.657. The zero-order valence-electron chi connectivity index (χ0n) is 10.9. The van der Waals surface area contributed by atoms with Gasteiger partial charge < -0.3 is 15.4 Å². The zero-order chi connectivity index (χ0) is 13.7. The van der Waals surface area contributed by atoms with Gasteiger partial charge in [0, 0.05) is 6.20 Å². The lowest BCUT2D eigenvalue weighted by molar-refractivity contribution is 0.262. The van der Waals surface area contributed by atoms with Gasteiger partial charge in [-0.15, -0.1) is 0 Å². The van der Waals surface area contributed by atoms with E-state index in [-0.39, 0.29) is 6.03 Å². The maximum Gasteiger partial charge on any atom is 0.323 e. The third-order valence-electron chi connectivity index (χ3n) is 2.44. The molecule has 0 bridgehead atoms. The van der Waals surface area contributed by atoms with Crippen molar-refractivity contribution in [3.63, 3.8) is 0 Å². The van der Waals surface area contributed by atoms with Gasteiger partial charge >= 0.3 is 6.03 Å². The van der Waals surface area contributed by atoms with E-state index in [0.717, 1.165) is 5.56 Å². The summed E-state index contributed by atoms with van der Waals surface area (Å²) in [6.07, 6.45) is 3.12. The van der Waals surface area contributed by atoms with Crippen molar-refractivity contribution in [1.82, 2.24) is 10.2 Å². The van der Waals surface area contributed by atoms with Crippen LogP contribution in [0.4, 0.5) is 16.2 Å². The Morgan fingerprint density at radius 1 is 1.42 bits per heavy atom. The Labute approximate surface area is 111 Å². The van der Waals surface area contributed by atoms with Crippen molar-refractivity contribution in [2.45, 2.75) is 13.8 Å². The largest absolute Gasteiger partial charge is 0.492 e. The van der Waals surface area contributed by atoms with Crippen LogP contribution < -0.4 is 15.4 Å². The molecule has 19 heavy (non-hydrogen) atoms. The van der Waals surface area contributed by atoms with Crippen LogP contribution in [0, 0.1) is 6.92 Å². The van der Waals surface area contributed by atoms with Gasteiger partial charge in [0.2, 0.25) is 0 Å². The van der Waals surface area contributed by atoms with Crippen molar-refractivity contribution in [3.8, 4) is 5.75 Å². The number of rotatable bonds is 4. The summed E-state index contributed by atoms with van der Waals surface area (Å²) >= 11 is 0. The van der Waals surface area contributed by atoms with E-state index in [1.807, 2.05) is 32.0 Å². The first-order chi connectivity index (χ1) is 9.19. The highest BCUT2D eigenvalue weighted by atomic mass is 16.5. The van der Waals surface area contributed by atoms with Gasteiger partial charge in [-0.25, -0.2) is 4.79 Å². The van der Waals surface area contributed by atoms with E-state index in [2.05, 4.69) is 20.8 Å². The predicted octanol–water partition coefficient (Wildman–Crippen LogP) is 2.76. The minimum atomic E-state index is -0.341. The highest BCUT2D eigenvalue weighted by Crippen LogP contribution is 2.25. The second-order valence-corrected chi connectivity index (χ2v) is 4.00. The number of hydrogen-bond acceptors (Lipinski definition) is 3. The first-order valence-corrected chi connectivity index (χ1v) is 5.99. The number of ether oxygens (including phenoxy) is 1. The van der Waals surface area contributed by atoms with Crippen LogP contribution in [0.5, 0.6) is 5.75 Å². The molecule has 100 valence electrons. The first-order valence-electron chi connectivity index (χ1n) is 5.99. The molecule has 1 aromatic carbocycles. The van der Waals surface area contributed by atoms with Crippen LogP contribution >= 0.6 is 0 Å². The molecule has 2 aromatic rings. The van der Waals surface area contributed by atoms with Crippen molar-refractivity contribution in [2.24, 2.45) is 0 Å². The number of aromatic nitrogens is 2. The molecular weight excluding hydrogens is 244 g/mol. The molecule has 0 radical (unpaired) electrons. The number of aryl methyl sites for hydroxylation is 1.